The first-order valence-electron chi connectivity index (χ1n) is 21.9. The molecule has 5 nitrogen and oxygen atoms in total. The predicted molar refractivity (Wildman–Crippen MR) is 245 cm³/mol. The standard InChI is InChI=1S/C54H56N4O/c1-35-57-41-19-15-17-39(31-41)54(42-32-36(52(2,3)4)26-28-50(42)59-51-29-27-37(33-43(51)54)53(5,6)7)38-16-14-18-40(30-38)55-34-56(45-21-9-8-20-44(45)55)46-22-10-11-23-47(46)58(35)49-25-13-12-24-48(49)57/h8-9,12-21,24-33,35,46-47H,10-11,22-23,34H2,1-7H3. The van der Waals surface area contributed by atoms with E-state index in [4.69, 9.17) is 4.74 Å². The highest BCUT2D eigenvalue weighted by Gasteiger charge is 2.49. The number of rotatable bonds is 0. The smallest absolute Gasteiger partial charge is 0.132 e. The molecule has 1 aliphatic carbocycles. The van der Waals surface area contributed by atoms with Crippen molar-refractivity contribution < 1.29 is 4.74 Å². The van der Waals surface area contributed by atoms with Crippen LogP contribution in [0.15, 0.2) is 133 Å². The SMILES string of the molecule is CC1N2c3cccc(c3)C3(c4cccc(c4)N4CN(c5ccccc54)C4CCCCC4N1c1ccccc12)c1cc(C(C)(C)C)ccc1Oc1ccc(C(C)(C)C)cc13. The summed E-state index contributed by atoms with van der Waals surface area (Å²) in [6.45, 7) is 17.2. The van der Waals surface area contributed by atoms with Crippen LogP contribution in [0.2, 0.25) is 0 Å². The normalized spacial score (nSPS) is 21.1. The highest BCUT2D eigenvalue weighted by molar-refractivity contribution is 5.87. The summed E-state index contributed by atoms with van der Waals surface area (Å²) in [5.74, 6) is 1.83. The van der Waals surface area contributed by atoms with Gasteiger partial charge in [0.15, 0.2) is 0 Å². The second-order valence-corrected chi connectivity index (χ2v) is 19.7. The van der Waals surface area contributed by atoms with E-state index in [1.54, 1.807) is 0 Å². The van der Waals surface area contributed by atoms with Gasteiger partial charge in [-0.05, 0) is 126 Å². The molecule has 0 aromatic heterocycles. The first kappa shape index (κ1) is 36.4. The lowest BCUT2D eigenvalue weighted by Crippen LogP contribution is -2.57. The van der Waals surface area contributed by atoms with Crippen LogP contribution in [-0.2, 0) is 16.2 Å². The van der Waals surface area contributed by atoms with E-state index in [0.717, 1.165) is 18.2 Å². The second kappa shape index (κ2) is 12.9. The van der Waals surface area contributed by atoms with E-state index in [9.17, 15) is 0 Å². The fourth-order valence-corrected chi connectivity index (χ4v) is 11.4. The van der Waals surface area contributed by atoms with Gasteiger partial charge >= 0.3 is 0 Å². The van der Waals surface area contributed by atoms with Crippen LogP contribution in [0.4, 0.5) is 34.1 Å². The Labute approximate surface area is 350 Å². The third-order valence-corrected chi connectivity index (χ3v) is 14.3. The fraction of sp³-hybridized carbons (Fsp3) is 0.333. The number of hydrogen-bond donors (Lipinski definition) is 0. The zero-order chi connectivity index (χ0) is 40.4. The van der Waals surface area contributed by atoms with Crippen LogP contribution >= 0.6 is 0 Å². The molecule has 298 valence electrons. The molecule has 6 aromatic carbocycles. The van der Waals surface area contributed by atoms with Crippen molar-refractivity contribution in [3.8, 4) is 11.5 Å². The van der Waals surface area contributed by atoms with Gasteiger partial charge in [-0.25, -0.2) is 0 Å². The molecule has 8 bridgehead atoms. The van der Waals surface area contributed by atoms with Crippen molar-refractivity contribution >= 4 is 34.1 Å². The molecule has 0 saturated heterocycles. The first-order valence-corrected chi connectivity index (χ1v) is 21.9. The van der Waals surface area contributed by atoms with Gasteiger partial charge in [0, 0.05) is 22.5 Å². The van der Waals surface area contributed by atoms with Gasteiger partial charge in [-0.2, -0.15) is 0 Å². The minimum absolute atomic E-state index is 0.0646. The highest BCUT2D eigenvalue weighted by Crippen LogP contribution is 2.59. The molecule has 11 rings (SSSR count). The van der Waals surface area contributed by atoms with Crippen LogP contribution in [0.1, 0.15) is 108 Å². The molecule has 3 unspecified atom stereocenters. The lowest BCUT2D eigenvalue weighted by atomic mass is 9.62. The average Bonchev–Trinajstić information content (AvgIpc) is 3.76. The molecule has 6 aromatic rings. The molecule has 0 radical (unpaired) electrons. The first-order chi connectivity index (χ1) is 28.4. The van der Waals surface area contributed by atoms with Crippen LogP contribution in [0, 0.1) is 0 Å². The summed E-state index contributed by atoms with van der Waals surface area (Å²) in [5.41, 5.74) is 14.3. The van der Waals surface area contributed by atoms with Crippen molar-refractivity contribution in [1.29, 1.82) is 0 Å². The number of fused-ring (bicyclic) bond motifs is 25. The molecule has 5 heteroatoms. The number of para-hydroxylation sites is 4. The maximum Gasteiger partial charge on any atom is 0.132 e. The summed E-state index contributed by atoms with van der Waals surface area (Å²) in [4.78, 5) is 10.7. The molecule has 4 aliphatic heterocycles. The van der Waals surface area contributed by atoms with Gasteiger partial charge in [0.25, 0.3) is 0 Å². The zero-order valence-electron chi connectivity index (χ0n) is 35.7. The van der Waals surface area contributed by atoms with Gasteiger partial charge in [0.2, 0.25) is 0 Å². The third-order valence-electron chi connectivity index (χ3n) is 14.3. The number of benzene rings is 6. The Morgan fingerprint density at radius 2 is 1.08 bits per heavy atom. The Kier molecular flexibility index (Phi) is 7.96. The Hall–Kier alpha value is -5.68. The summed E-state index contributed by atoms with van der Waals surface area (Å²) in [7, 11) is 0. The molecule has 3 atom stereocenters. The summed E-state index contributed by atoms with van der Waals surface area (Å²) >= 11 is 0. The van der Waals surface area contributed by atoms with Crippen LogP contribution in [-0.4, -0.2) is 24.9 Å². The number of hydrogen-bond acceptors (Lipinski definition) is 5. The minimum Gasteiger partial charge on any atom is -0.457 e. The van der Waals surface area contributed by atoms with E-state index in [-0.39, 0.29) is 17.0 Å². The predicted octanol–water partition coefficient (Wildman–Crippen LogP) is 13.3. The van der Waals surface area contributed by atoms with Crippen molar-refractivity contribution in [2.45, 2.75) is 109 Å². The lowest BCUT2D eigenvalue weighted by Gasteiger charge is -2.46. The van der Waals surface area contributed by atoms with E-state index < -0.39 is 5.41 Å². The van der Waals surface area contributed by atoms with E-state index in [2.05, 4.69) is 202 Å². The Morgan fingerprint density at radius 3 is 1.71 bits per heavy atom. The maximum absolute atomic E-state index is 7.04. The van der Waals surface area contributed by atoms with Crippen LogP contribution in [0.3, 0.4) is 0 Å². The van der Waals surface area contributed by atoms with Crippen molar-refractivity contribution in [3.63, 3.8) is 0 Å². The van der Waals surface area contributed by atoms with Gasteiger partial charge in [-0.3, -0.25) is 0 Å². The number of ether oxygens (including phenoxy) is 1. The summed E-state index contributed by atoms with van der Waals surface area (Å²) in [6.07, 6.45) is 4.98. The van der Waals surface area contributed by atoms with E-state index >= 15 is 0 Å². The van der Waals surface area contributed by atoms with Gasteiger partial charge in [0.05, 0.1) is 46.9 Å². The van der Waals surface area contributed by atoms with Crippen molar-refractivity contribution in [2.75, 3.05) is 26.3 Å². The molecule has 1 spiro atoms. The van der Waals surface area contributed by atoms with E-state index in [1.165, 1.54) is 93.2 Å². The number of anilines is 6. The van der Waals surface area contributed by atoms with Gasteiger partial charge in [-0.1, -0.05) is 115 Å². The zero-order valence-corrected chi connectivity index (χ0v) is 35.7. The molecule has 0 amide bonds. The van der Waals surface area contributed by atoms with Crippen molar-refractivity contribution in [3.05, 3.63) is 167 Å². The number of nitrogens with zero attached hydrogens (tertiary/aromatic N) is 4. The minimum atomic E-state index is -0.702. The lowest BCUT2D eigenvalue weighted by molar-refractivity contribution is 0.339. The summed E-state index contributed by atoms with van der Waals surface area (Å²) in [5, 5.41) is 0. The van der Waals surface area contributed by atoms with Crippen LogP contribution in [0.25, 0.3) is 0 Å². The molecule has 1 fully saturated rings. The van der Waals surface area contributed by atoms with Crippen molar-refractivity contribution in [1.82, 2.24) is 0 Å². The van der Waals surface area contributed by atoms with Gasteiger partial charge in [-0.15, -0.1) is 0 Å². The Balaban J connectivity index is 1.27. The largest absolute Gasteiger partial charge is 0.457 e. The molecule has 4 heterocycles. The Morgan fingerprint density at radius 1 is 0.542 bits per heavy atom. The molecule has 59 heavy (non-hydrogen) atoms. The van der Waals surface area contributed by atoms with E-state index in [1.807, 2.05) is 0 Å². The van der Waals surface area contributed by atoms with Crippen molar-refractivity contribution in [2.24, 2.45) is 0 Å². The molecule has 0 N–H and O–H groups in total. The molecular weight excluding hydrogens is 721 g/mol. The quantitative estimate of drug-likeness (QED) is 0.153. The summed E-state index contributed by atoms with van der Waals surface area (Å²) in [6, 6.07) is 52.0. The van der Waals surface area contributed by atoms with Crippen LogP contribution in [0.5, 0.6) is 11.5 Å². The topological polar surface area (TPSA) is 22.2 Å². The summed E-state index contributed by atoms with van der Waals surface area (Å²) < 4.78 is 7.04. The second-order valence-electron chi connectivity index (χ2n) is 19.7. The molecule has 1 saturated carbocycles. The van der Waals surface area contributed by atoms with Gasteiger partial charge in [0.1, 0.15) is 17.7 Å². The van der Waals surface area contributed by atoms with Gasteiger partial charge < -0.3 is 24.3 Å². The highest BCUT2D eigenvalue weighted by atomic mass is 16.5. The molecular formula is C54H56N4O. The fourth-order valence-electron chi connectivity index (χ4n) is 11.4. The average molecular weight is 777 g/mol. The van der Waals surface area contributed by atoms with E-state index in [0.29, 0.717) is 12.1 Å². The Bertz CT molecular complexity index is 2570. The molecule has 5 aliphatic rings. The third kappa shape index (κ3) is 5.35. The van der Waals surface area contributed by atoms with Crippen LogP contribution < -0.4 is 24.3 Å². The maximum atomic E-state index is 7.04. The monoisotopic (exact) mass is 776 g/mol.